The van der Waals surface area contributed by atoms with Crippen LogP contribution in [0, 0.1) is 0 Å². The molecule has 0 radical (unpaired) electrons. The summed E-state index contributed by atoms with van der Waals surface area (Å²) >= 11 is 0. The summed E-state index contributed by atoms with van der Waals surface area (Å²) in [7, 11) is 0. The summed E-state index contributed by atoms with van der Waals surface area (Å²) in [4.78, 5) is 38.2. The molecule has 6 heteroatoms. The van der Waals surface area contributed by atoms with Crippen LogP contribution >= 0.6 is 0 Å². The van der Waals surface area contributed by atoms with Crippen molar-refractivity contribution in [2.75, 3.05) is 0 Å². The van der Waals surface area contributed by atoms with Gasteiger partial charge in [-0.1, -0.05) is 46.7 Å². The van der Waals surface area contributed by atoms with E-state index in [-0.39, 0.29) is 0 Å². The molecule has 0 heterocycles. The molecule has 0 aromatic heterocycles. The number of amides is 2. The number of carbonyl (C=O) groups excluding carboxylic acids is 2. The maximum Gasteiger partial charge on any atom is 0.299 e. The number of nitrogens with zero attached hydrogens (tertiary/aromatic N) is 2. The van der Waals surface area contributed by atoms with Crippen LogP contribution in [-0.4, -0.2) is 33.4 Å². The van der Waals surface area contributed by atoms with Crippen LogP contribution in [0.5, 0.6) is 0 Å². The topological polar surface area (TPSA) is 59.1 Å². The molecule has 0 N–H and O–H groups in total. The quantitative estimate of drug-likeness (QED) is 0.720. The number of hydrazine groups is 1. The van der Waals surface area contributed by atoms with Gasteiger partial charge in [-0.3, -0.25) is 9.59 Å². The summed E-state index contributed by atoms with van der Waals surface area (Å²) in [5, 5.41) is 1.80. The number of benzene rings is 2. The fourth-order valence-electron chi connectivity index (χ4n) is 2.22. The van der Waals surface area contributed by atoms with Crippen LogP contribution in [0.1, 0.15) is 62.3 Å². The highest BCUT2D eigenvalue weighted by atomic mass is 16.9. The summed E-state index contributed by atoms with van der Waals surface area (Å²) in [6.45, 7) is 10.8. The van der Waals surface area contributed by atoms with Gasteiger partial charge in [0.2, 0.25) is 0 Å². The highest BCUT2D eigenvalue weighted by Gasteiger charge is 2.36. The van der Waals surface area contributed by atoms with Gasteiger partial charge in [-0.05, 0) is 65.8 Å². The molecular weight excluding hydrogens is 356 g/mol. The van der Waals surface area contributed by atoms with Crippen molar-refractivity contribution in [3.05, 3.63) is 71.8 Å². The van der Waals surface area contributed by atoms with Gasteiger partial charge in [-0.2, -0.15) is 0 Å². The number of carbonyl (C=O) groups is 2. The Kier molecular flexibility index (Phi) is 6.59. The Morgan fingerprint density at radius 3 is 1.14 bits per heavy atom. The Labute approximate surface area is 166 Å². The molecule has 28 heavy (non-hydrogen) atoms. The molecule has 0 aliphatic rings. The van der Waals surface area contributed by atoms with Gasteiger partial charge in [0, 0.05) is 11.1 Å². The average molecular weight is 384 g/mol. The lowest BCUT2D eigenvalue weighted by Gasteiger charge is -2.38. The van der Waals surface area contributed by atoms with E-state index in [1.165, 1.54) is 0 Å². The molecule has 0 saturated carbocycles. The van der Waals surface area contributed by atoms with E-state index in [1.54, 1.807) is 90.1 Å². The van der Waals surface area contributed by atoms with Crippen LogP contribution < -0.4 is 0 Å². The Morgan fingerprint density at radius 1 is 0.607 bits per heavy atom. The molecule has 2 amide bonds. The molecular formula is C22H28N2O4. The van der Waals surface area contributed by atoms with Gasteiger partial charge in [0.15, 0.2) is 0 Å². The van der Waals surface area contributed by atoms with Crippen molar-refractivity contribution >= 4 is 11.8 Å². The first-order valence-corrected chi connectivity index (χ1v) is 9.15. The van der Waals surface area contributed by atoms with E-state index in [2.05, 4.69) is 0 Å². The molecule has 150 valence electrons. The molecule has 0 spiro atoms. The van der Waals surface area contributed by atoms with E-state index >= 15 is 0 Å². The molecule has 2 aromatic carbocycles. The van der Waals surface area contributed by atoms with Crippen molar-refractivity contribution in [1.82, 2.24) is 10.3 Å². The highest BCUT2D eigenvalue weighted by Crippen LogP contribution is 2.22. The van der Waals surface area contributed by atoms with Crippen LogP contribution in [-0.2, 0) is 9.68 Å². The van der Waals surface area contributed by atoms with Gasteiger partial charge in [0.25, 0.3) is 11.8 Å². The molecule has 0 saturated heterocycles. The molecule has 2 aromatic rings. The molecule has 0 unspecified atom stereocenters. The minimum atomic E-state index is -0.749. The fraction of sp³-hybridized carbons (Fsp3) is 0.364. The maximum atomic E-state index is 13.2. The molecule has 0 atom stereocenters. The Hall–Kier alpha value is -2.70. The molecule has 2 rings (SSSR count). The predicted octanol–water partition coefficient (Wildman–Crippen LogP) is 4.65. The third-order valence-corrected chi connectivity index (χ3v) is 3.27. The summed E-state index contributed by atoms with van der Waals surface area (Å²) in [5.74, 6) is -1.02. The van der Waals surface area contributed by atoms with Gasteiger partial charge in [0.1, 0.15) is 0 Å². The van der Waals surface area contributed by atoms with Crippen LogP contribution in [0.15, 0.2) is 60.7 Å². The SMILES string of the molecule is CC(C)(C)ON(C(=O)c1ccccc1)N(OC(C)(C)C)C(=O)c1ccccc1. The Morgan fingerprint density at radius 2 is 0.893 bits per heavy atom. The number of hydroxylamine groups is 2. The second-order valence-corrected chi connectivity index (χ2v) is 8.30. The molecule has 0 aliphatic carbocycles. The second-order valence-electron chi connectivity index (χ2n) is 8.30. The molecule has 6 nitrogen and oxygen atoms in total. The van der Waals surface area contributed by atoms with E-state index in [9.17, 15) is 9.59 Å². The predicted molar refractivity (Wildman–Crippen MR) is 107 cm³/mol. The zero-order valence-electron chi connectivity index (χ0n) is 17.3. The van der Waals surface area contributed by atoms with Crippen molar-refractivity contribution in [3.8, 4) is 0 Å². The van der Waals surface area contributed by atoms with Crippen LogP contribution in [0.2, 0.25) is 0 Å². The second kappa shape index (κ2) is 8.54. The lowest BCUT2D eigenvalue weighted by Crippen LogP contribution is -2.54. The summed E-state index contributed by atoms with van der Waals surface area (Å²) in [5.41, 5.74) is -0.757. The lowest BCUT2D eigenvalue weighted by atomic mass is 10.2. The number of hydrogen-bond acceptors (Lipinski definition) is 4. The van der Waals surface area contributed by atoms with E-state index in [0.717, 1.165) is 10.3 Å². The summed E-state index contributed by atoms with van der Waals surface area (Å²) in [6, 6.07) is 17.2. The summed E-state index contributed by atoms with van der Waals surface area (Å²) in [6.07, 6.45) is 0. The van der Waals surface area contributed by atoms with E-state index in [1.807, 2.05) is 12.1 Å². The first-order valence-electron chi connectivity index (χ1n) is 9.15. The number of rotatable bonds is 4. The molecule has 0 aliphatic heterocycles. The highest BCUT2D eigenvalue weighted by molar-refractivity contribution is 5.98. The molecule has 0 fully saturated rings. The van der Waals surface area contributed by atoms with Crippen molar-refractivity contribution in [2.24, 2.45) is 0 Å². The normalized spacial score (nSPS) is 11.8. The van der Waals surface area contributed by atoms with Crippen LogP contribution in [0.25, 0.3) is 0 Å². The van der Waals surface area contributed by atoms with Crippen molar-refractivity contribution < 1.29 is 19.3 Å². The van der Waals surface area contributed by atoms with E-state index in [0.29, 0.717) is 11.1 Å². The van der Waals surface area contributed by atoms with Crippen molar-refractivity contribution in [3.63, 3.8) is 0 Å². The Bertz CT molecular complexity index is 723. The smallest absolute Gasteiger partial charge is 0.265 e. The van der Waals surface area contributed by atoms with Crippen molar-refractivity contribution in [1.29, 1.82) is 0 Å². The third-order valence-electron chi connectivity index (χ3n) is 3.27. The van der Waals surface area contributed by atoms with Gasteiger partial charge in [-0.15, -0.1) is 0 Å². The zero-order chi connectivity index (χ0) is 20.9. The van der Waals surface area contributed by atoms with Gasteiger partial charge >= 0.3 is 0 Å². The number of hydrogen-bond donors (Lipinski definition) is 0. The minimum Gasteiger partial charge on any atom is -0.265 e. The average Bonchev–Trinajstić information content (AvgIpc) is 2.63. The van der Waals surface area contributed by atoms with Gasteiger partial charge in [0.05, 0.1) is 11.2 Å². The van der Waals surface area contributed by atoms with E-state index < -0.39 is 23.0 Å². The largest absolute Gasteiger partial charge is 0.299 e. The first-order chi connectivity index (χ1) is 13.0. The maximum absolute atomic E-state index is 13.2. The monoisotopic (exact) mass is 384 g/mol. The standard InChI is InChI=1S/C22H28N2O4/c1-21(2,3)27-23(19(25)17-13-9-7-10-14-17)24(28-22(4,5)6)20(26)18-15-11-8-12-16-18/h7-16H,1-6H3. The lowest BCUT2D eigenvalue weighted by molar-refractivity contribution is -0.392. The van der Waals surface area contributed by atoms with Crippen LogP contribution in [0.3, 0.4) is 0 Å². The third kappa shape index (κ3) is 6.18. The zero-order valence-corrected chi connectivity index (χ0v) is 17.3. The van der Waals surface area contributed by atoms with Crippen LogP contribution in [0.4, 0.5) is 0 Å². The first kappa shape index (κ1) is 21.6. The van der Waals surface area contributed by atoms with Gasteiger partial charge in [-0.25, -0.2) is 9.68 Å². The minimum absolute atomic E-state index is 0.370. The van der Waals surface area contributed by atoms with Crippen molar-refractivity contribution in [2.45, 2.75) is 52.7 Å². The fourth-order valence-corrected chi connectivity index (χ4v) is 2.22. The van der Waals surface area contributed by atoms with Gasteiger partial charge < -0.3 is 0 Å². The van der Waals surface area contributed by atoms with E-state index in [4.69, 9.17) is 9.68 Å². The Balaban J connectivity index is 2.50. The summed E-state index contributed by atoms with van der Waals surface area (Å²) < 4.78 is 0. The molecule has 0 bridgehead atoms.